The van der Waals surface area contributed by atoms with Gasteiger partial charge in [0.1, 0.15) is 28.5 Å². The standard InChI is InChI=1S/C25H28N6O3/c1-5-30(6-2)22(26)20-21-24(29-23(27-20)16-12-14-17(15-13-16)34-7-3)31(25(32)28-21)18-10-8-9-11-19(18)33-4/h8-15,26H,5-7H2,1-4H3,(H,28,32). The van der Waals surface area contributed by atoms with Crippen LogP contribution in [-0.4, -0.2) is 57.1 Å². The van der Waals surface area contributed by atoms with E-state index in [0.717, 1.165) is 11.3 Å². The van der Waals surface area contributed by atoms with Crippen LogP contribution < -0.4 is 15.2 Å². The van der Waals surface area contributed by atoms with E-state index >= 15 is 0 Å². The van der Waals surface area contributed by atoms with Crippen LogP contribution in [0.5, 0.6) is 11.5 Å². The molecule has 0 aliphatic rings. The fraction of sp³-hybridized carbons (Fsp3) is 0.280. The Bertz CT molecular complexity index is 1370. The largest absolute Gasteiger partial charge is 0.495 e. The molecule has 0 unspecified atom stereocenters. The van der Waals surface area contributed by atoms with Crippen LogP contribution in [0.1, 0.15) is 26.5 Å². The summed E-state index contributed by atoms with van der Waals surface area (Å²) in [6.07, 6.45) is 0. The SMILES string of the molecule is CCOc1ccc(-c2nc(C(=N)N(CC)CC)c3[nH]c(=O)n(-c4ccccc4OC)c3n2)cc1. The van der Waals surface area contributed by atoms with E-state index in [2.05, 4.69) is 4.98 Å². The van der Waals surface area contributed by atoms with Crippen molar-refractivity contribution in [2.24, 2.45) is 0 Å². The lowest BCUT2D eigenvalue weighted by molar-refractivity contribution is 0.340. The summed E-state index contributed by atoms with van der Waals surface area (Å²) in [4.78, 5) is 27.4. The van der Waals surface area contributed by atoms with Gasteiger partial charge in [-0.2, -0.15) is 0 Å². The van der Waals surface area contributed by atoms with E-state index in [4.69, 9.17) is 24.9 Å². The predicted octanol–water partition coefficient (Wildman–Crippen LogP) is 3.85. The van der Waals surface area contributed by atoms with Crippen molar-refractivity contribution in [2.45, 2.75) is 20.8 Å². The smallest absolute Gasteiger partial charge is 0.332 e. The number of hydrogen-bond acceptors (Lipinski definition) is 6. The van der Waals surface area contributed by atoms with Gasteiger partial charge in [-0.1, -0.05) is 12.1 Å². The fourth-order valence-corrected chi connectivity index (χ4v) is 3.88. The number of nitrogens with one attached hydrogen (secondary N) is 2. The summed E-state index contributed by atoms with van der Waals surface area (Å²) < 4.78 is 12.5. The first kappa shape index (κ1) is 23.0. The number of rotatable bonds is 8. The van der Waals surface area contributed by atoms with Gasteiger partial charge in [-0.25, -0.2) is 19.3 Å². The molecule has 0 aliphatic carbocycles. The molecule has 4 aromatic rings. The molecule has 0 spiro atoms. The molecule has 2 heterocycles. The molecule has 2 aromatic carbocycles. The van der Waals surface area contributed by atoms with Crippen molar-refractivity contribution in [1.29, 1.82) is 5.41 Å². The molecular formula is C25H28N6O3. The summed E-state index contributed by atoms with van der Waals surface area (Å²) in [7, 11) is 1.56. The van der Waals surface area contributed by atoms with Gasteiger partial charge in [-0.3, -0.25) is 5.41 Å². The summed E-state index contributed by atoms with van der Waals surface area (Å²) in [6, 6.07) is 14.7. The van der Waals surface area contributed by atoms with Gasteiger partial charge < -0.3 is 19.4 Å². The van der Waals surface area contributed by atoms with Crippen molar-refractivity contribution in [2.75, 3.05) is 26.8 Å². The topological polar surface area (TPSA) is 109 Å². The van der Waals surface area contributed by atoms with Crippen molar-refractivity contribution < 1.29 is 9.47 Å². The van der Waals surface area contributed by atoms with Crippen molar-refractivity contribution in [1.82, 2.24) is 24.4 Å². The number of aromatic amines is 1. The second kappa shape index (κ2) is 9.78. The van der Waals surface area contributed by atoms with E-state index in [1.165, 1.54) is 4.57 Å². The number of imidazole rings is 1. The Morgan fingerprint density at radius 1 is 1.06 bits per heavy atom. The van der Waals surface area contributed by atoms with Gasteiger partial charge in [-0.05, 0) is 57.2 Å². The molecule has 0 saturated heterocycles. The zero-order chi connectivity index (χ0) is 24.2. The van der Waals surface area contributed by atoms with Gasteiger partial charge in [0, 0.05) is 18.7 Å². The average Bonchev–Trinajstić information content (AvgIpc) is 3.20. The number of methoxy groups -OCH3 is 1. The van der Waals surface area contributed by atoms with E-state index in [-0.39, 0.29) is 11.5 Å². The van der Waals surface area contributed by atoms with E-state index in [1.807, 2.05) is 62.1 Å². The first-order valence-electron chi connectivity index (χ1n) is 11.3. The lowest BCUT2D eigenvalue weighted by atomic mass is 10.2. The molecular weight excluding hydrogens is 432 g/mol. The van der Waals surface area contributed by atoms with Crippen molar-refractivity contribution in [3.63, 3.8) is 0 Å². The van der Waals surface area contributed by atoms with E-state index in [0.29, 0.717) is 53.8 Å². The molecule has 0 radical (unpaired) electrons. The van der Waals surface area contributed by atoms with Gasteiger partial charge in [0.2, 0.25) is 0 Å². The number of hydrogen-bond donors (Lipinski definition) is 2. The summed E-state index contributed by atoms with van der Waals surface area (Å²) >= 11 is 0. The molecule has 9 heteroatoms. The summed E-state index contributed by atoms with van der Waals surface area (Å²) in [6.45, 7) is 7.73. The first-order chi connectivity index (χ1) is 16.5. The Kier molecular flexibility index (Phi) is 6.62. The van der Waals surface area contributed by atoms with E-state index in [1.54, 1.807) is 19.2 Å². The molecule has 176 valence electrons. The van der Waals surface area contributed by atoms with Crippen LogP contribution in [0.3, 0.4) is 0 Å². The quantitative estimate of drug-likeness (QED) is 0.305. The highest BCUT2D eigenvalue weighted by Crippen LogP contribution is 2.27. The number of H-pyrrole nitrogens is 1. The van der Waals surface area contributed by atoms with Gasteiger partial charge in [0.05, 0.1) is 19.4 Å². The molecule has 2 N–H and O–H groups in total. The zero-order valence-electron chi connectivity index (χ0n) is 19.8. The van der Waals surface area contributed by atoms with Gasteiger partial charge in [0.25, 0.3) is 0 Å². The lowest BCUT2D eigenvalue weighted by Gasteiger charge is -2.21. The molecule has 34 heavy (non-hydrogen) atoms. The molecule has 0 amide bonds. The van der Waals surface area contributed by atoms with Crippen molar-refractivity contribution >= 4 is 17.0 Å². The minimum atomic E-state index is -0.383. The Morgan fingerprint density at radius 2 is 1.76 bits per heavy atom. The summed E-state index contributed by atoms with van der Waals surface area (Å²) in [5.74, 6) is 1.91. The van der Waals surface area contributed by atoms with Crippen LogP contribution in [0.2, 0.25) is 0 Å². The number of nitrogens with zero attached hydrogens (tertiary/aromatic N) is 4. The van der Waals surface area contributed by atoms with Crippen molar-refractivity contribution in [3.8, 4) is 28.6 Å². The normalized spacial score (nSPS) is 10.9. The summed E-state index contributed by atoms with van der Waals surface area (Å²) in [5.41, 5.74) is 2.06. The van der Waals surface area contributed by atoms with Crippen LogP contribution in [-0.2, 0) is 0 Å². The highest BCUT2D eigenvalue weighted by molar-refractivity contribution is 6.04. The number of amidine groups is 1. The van der Waals surface area contributed by atoms with E-state index < -0.39 is 0 Å². The Labute approximate surface area is 197 Å². The molecule has 9 nitrogen and oxygen atoms in total. The van der Waals surface area contributed by atoms with Crippen LogP contribution in [0, 0.1) is 5.41 Å². The molecule has 2 aromatic heterocycles. The third-order valence-electron chi connectivity index (χ3n) is 5.59. The lowest BCUT2D eigenvalue weighted by Crippen LogP contribution is -2.31. The number of aromatic nitrogens is 4. The van der Waals surface area contributed by atoms with Crippen molar-refractivity contribution in [3.05, 3.63) is 64.7 Å². The van der Waals surface area contributed by atoms with Gasteiger partial charge in [-0.15, -0.1) is 0 Å². The molecule has 4 rings (SSSR count). The maximum atomic E-state index is 13.1. The predicted molar refractivity (Wildman–Crippen MR) is 132 cm³/mol. The number of fused-ring (bicyclic) bond motifs is 1. The number of benzene rings is 2. The Balaban J connectivity index is 2.00. The molecule has 0 fully saturated rings. The monoisotopic (exact) mass is 460 g/mol. The number of para-hydroxylation sites is 2. The average molecular weight is 461 g/mol. The minimum Gasteiger partial charge on any atom is -0.495 e. The third-order valence-corrected chi connectivity index (χ3v) is 5.59. The van der Waals surface area contributed by atoms with Crippen LogP contribution in [0.4, 0.5) is 0 Å². The second-order valence-electron chi connectivity index (χ2n) is 7.51. The Morgan fingerprint density at radius 3 is 2.41 bits per heavy atom. The first-order valence-corrected chi connectivity index (χ1v) is 11.3. The highest BCUT2D eigenvalue weighted by Gasteiger charge is 2.23. The molecule has 0 saturated carbocycles. The van der Waals surface area contributed by atoms with Gasteiger partial charge >= 0.3 is 5.69 Å². The zero-order valence-corrected chi connectivity index (χ0v) is 19.8. The maximum Gasteiger partial charge on any atom is 0.332 e. The van der Waals surface area contributed by atoms with Crippen LogP contribution >= 0.6 is 0 Å². The molecule has 0 bridgehead atoms. The number of ether oxygens (including phenoxy) is 2. The minimum absolute atomic E-state index is 0.220. The van der Waals surface area contributed by atoms with Crippen LogP contribution in [0.15, 0.2) is 53.3 Å². The molecule has 0 atom stereocenters. The fourth-order valence-electron chi connectivity index (χ4n) is 3.88. The highest BCUT2D eigenvalue weighted by atomic mass is 16.5. The second-order valence-corrected chi connectivity index (χ2v) is 7.51. The Hall–Kier alpha value is -4.14. The molecule has 0 aliphatic heterocycles. The maximum absolute atomic E-state index is 13.1. The van der Waals surface area contributed by atoms with E-state index in [9.17, 15) is 4.79 Å². The summed E-state index contributed by atoms with van der Waals surface area (Å²) in [5, 5.41) is 8.84. The van der Waals surface area contributed by atoms with Crippen LogP contribution in [0.25, 0.3) is 28.2 Å². The van der Waals surface area contributed by atoms with Gasteiger partial charge in [0.15, 0.2) is 11.5 Å². The third kappa shape index (κ3) is 4.12.